The molecule has 84 valence electrons. The van der Waals surface area contributed by atoms with Crippen molar-refractivity contribution in [3.8, 4) is 0 Å². The van der Waals surface area contributed by atoms with Crippen molar-refractivity contribution in [2.45, 2.75) is 32.4 Å². The highest BCUT2D eigenvalue weighted by atomic mass is 16.3. The third-order valence-corrected chi connectivity index (χ3v) is 2.24. The van der Waals surface area contributed by atoms with Gasteiger partial charge in [-0.25, -0.2) is 0 Å². The number of carbonyl (C=O) groups excluding carboxylic acids is 1. The van der Waals surface area contributed by atoms with Gasteiger partial charge in [-0.2, -0.15) is 0 Å². The quantitative estimate of drug-likeness (QED) is 0.798. The van der Waals surface area contributed by atoms with Crippen LogP contribution in [-0.2, 0) is 11.3 Å². The number of hydrogen-bond acceptors (Lipinski definition) is 3. The second-order valence-electron chi connectivity index (χ2n) is 3.90. The highest BCUT2D eigenvalue weighted by Gasteiger charge is 2.10. The Morgan fingerprint density at radius 3 is 2.93 bits per heavy atom. The zero-order chi connectivity index (χ0) is 11.3. The first kappa shape index (κ1) is 11.8. The summed E-state index contributed by atoms with van der Waals surface area (Å²) in [6, 6.07) is 1.94. The Labute approximate surface area is 90.0 Å². The van der Waals surface area contributed by atoms with E-state index in [-0.39, 0.29) is 11.9 Å². The Morgan fingerprint density at radius 1 is 1.67 bits per heavy atom. The fourth-order valence-electron chi connectivity index (χ4n) is 1.29. The molecule has 1 aromatic rings. The van der Waals surface area contributed by atoms with Crippen molar-refractivity contribution in [1.29, 1.82) is 0 Å². The van der Waals surface area contributed by atoms with Gasteiger partial charge in [0.25, 0.3) is 0 Å². The largest absolute Gasteiger partial charge is 0.472 e. The van der Waals surface area contributed by atoms with E-state index in [0.717, 1.165) is 12.0 Å². The molecule has 1 unspecified atom stereocenters. The molecule has 0 saturated heterocycles. The lowest BCUT2D eigenvalue weighted by Crippen LogP contribution is -2.27. The molecule has 0 aliphatic rings. The molecular formula is C11H18N2O2. The van der Waals surface area contributed by atoms with Crippen LogP contribution < -0.4 is 5.73 Å². The van der Waals surface area contributed by atoms with E-state index < -0.39 is 0 Å². The second-order valence-corrected chi connectivity index (χ2v) is 3.90. The van der Waals surface area contributed by atoms with Crippen molar-refractivity contribution < 1.29 is 9.21 Å². The van der Waals surface area contributed by atoms with Gasteiger partial charge < -0.3 is 15.1 Å². The molecule has 0 bridgehead atoms. The van der Waals surface area contributed by atoms with Gasteiger partial charge in [0, 0.05) is 31.6 Å². The summed E-state index contributed by atoms with van der Waals surface area (Å²) in [5, 5.41) is 0. The Balaban J connectivity index is 2.33. The SMILES string of the molecule is CC(N)CCC(=O)N(C)Cc1ccoc1. The van der Waals surface area contributed by atoms with Gasteiger partial charge in [0.15, 0.2) is 0 Å². The molecule has 2 N–H and O–H groups in total. The molecule has 0 saturated carbocycles. The van der Waals surface area contributed by atoms with Gasteiger partial charge in [-0.15, -0.1) is 0 Å². The molecule has 4 nitrogen and oxygen atoms in total. The Kier molecular flexibility index (Phi) is 4.37. The van der Waals surface area contributed by atoms with Gasteiger partial charge >= 0.3 is 0 Å². The molecule has 1 aromatic heterocycles. The fourth-order valence-corrected chi connectivity index (χ4v) is 1.29. The first-order chi connectivity index (χ1) is 7.09. The zero-order valence-corrected chi connectivity index (χ0v) is 9.27. The van der Waals surface area contributed by atoms with Crippen molar-refractivity contribution in [3.63, 3.8) is 0 Å². The summed E-state index contributed by atoms with van der Waals surface area (Å²) in [5.74, 6) is 0.119. The van der Waals surface area contributed by atoms with Crippen molar-refractivity contribution in [1.82, 2.24) is 4.90 Å². The van der Waals surface area contributed by atoms with E-state index in [1.165, 1.54) is 0 Å². The second kappa shape index (κ2) is 5.56. The van der Waals surface area contributed by atoms with Crippen LogP contribution in [0.1, 0.15) is 25.3 Å². The minimum Gasteiger partial charge on any atom is -0.472 e. The van der Waals surface area contributed by atoms with E-state index >= 15 is 0 Å². The van der Waals surface area contributed by atoms with Gasteiger partial charge in [0.1, 0.15) is 0 Å². The minimum atomic E-state index is 0.0799. The molecule has 0 fully saturated rings. The summed E-state index contributed by atoms with van der Waals surface area (Å²) in [7, 11) is 1.79. The van der Waals surface area contributed by atoms with Gasteiger partial charge in [-0.05, 0) is 19.4 Å². The standard InChI is InChI=1S/C11H18N2O2/c1-9(12)3-4-11(14)13(2)7-10-5-6-15-8-10/h5-6,8-9H,3-4,7,12H2,1-2H3. The maximum atomic E-state index is 11.6. The first-order valence-electron chi connectivity index (χ1n) is 5.10. The summed E-state index contributed by atoms with van der Waals surface area (Å²) in [6.45, 7) is 2.50. The Hall–Kier alpha value is -1.29. The molecule has 1 atom stereocenters. The molecule has 1 heterocycles. The van der Waals surface area contributed by atoms with Crippen LogP contribution in [0.15, 0.2) is 23.0 Å². The third-order valence-electron chi connectivity index (χ3n) is 2.24. The van der Waals surface area contributed by atoms with Crippen LogP contribution >= 0.6 is 0 Å². The molecule has 4 heteroatoms. The number of nitrogens with two attached hydrogens (primary N) is 1. The van der Waals surface area contributed by atoms with Crippen molar-refractivity contribution in [2.75, 3.05) is 7.05 Å². The fraction of sp³-hybridized carbons (Fsp3) is 0.545. The lowest BCUT2D eigenvalue weighted by atomic mass is 10.2. The first-order valence-corrected chi connectivity index (χ1v) is 5.10. The Bertz CT molecular complexity index is 294. The van der Waals surface area contributed by atoms with E-state index in [4.69, 9.17) is 10.2 Å². The minimum absolute atomic E-state index is 0.0799. The lowest BCUT2D eigenvalue weighted by molar-refractivity contribution is -0.130. The van der Waals surface area contributed by atoms with Crippen molar-refractivity contribution in [3.05, 3.63) is 24.2 Å². The maximum absolute atomic E-state index is 11.6. The molecule has 1 amide bonds. The molecule has 0 radical (unpaired) electrons. The highest BCUT2D eigenvalue weighted by molar-refractivity contribution is 5.75. The summed E-state index contributed by atoms with van der Waals surface area (Å²) in [5.41, 5.74) is 6.60. The van der Waals surface area contributed by atoms with Gasteiger partial charge in [0.2, 0.25) is 5.91 Å². The van der Waals surface area contributed by atoms with Crippen LogP contribution in [0.5, 0.6) is 0 Å². The lowest BCUT2D eigenvalue weighted by Gasteiger charge is -2.16. The number of nitrogens with zero attached hydrogens (tertiary/aromatic N) is 1. The van der Waals surface area contributed by atoms with Crippen LogP contribution in [-0.4, -0.2) is 23.9 Å². The van der Waals surface area contributed by atoms with Gasteiger partial charge in [-0.3, -0.25) is 4.79 Å². The van der Waals surface area contributed by atoms with Crippen LogP contribution in [0.3, 0.4) is 0 Å². The number of hydrogen-bond donors (Lipinski definition) is 1. The van der Waals surface area contributed by atoms with Crippen LogP contribution in [0.25, 0.3) is 0 Å². The summed E-state index contributed by atoms with van der Waals surface area (Å²) >= 11 is 0. The van der Waals surface area contributed by atoms with Crippen molar-refractivity contribution >= 4 is 5.91 Å². The van der Waals surface area contributed by atoms with Gasteiger partial charge in [0.05, 0.1) is 12.5 Å². The Morgan fingerprint density at radius 2 is 2.40 bits per heavy atom. The number of carbonyl (C=O) groups is 1. The van der Waals surface area contributed by atoms with E-state index in [0.29, 0.717) is 13.0 Å². The molecule has 0 aromatic carbocycles. The van der Waals surface area contributed by atoms with Crippen LogP contribution in [0.2, 0.25) is 0 Å². The number of amides is 1. The summed E-state index contributed by atoms with van der Waals surface area (Å²) in [6.07, 6.45) is 4.49. The predicted molar refractivity (Wildman–Crippen MR) is 58.1 cm³/mol. The van der Waals surface area contributed by atoms with Crippen LogP contribution in [0.4, 0.5) is 0 Å². The average Bonchev–Trinajstić information content (AvgIpc) is 2.66. The number of rotatable bonds is 5. The molecule has 0 spiro atoms. The highest BCUT2D eigenvalue weighted by Crippen LogP contribution is 2.06. The normalized spacial score (nSPS) is 12.5. The summed E-state index contributed by atoms with van der Waals surface area (Å²) < 4.78 is 4.94. The molecule has 0 aliphatic carbocycles. The zero-order valence-electron chi connectivity index (χ0n) is 9.27. The molecule has 0 aliphatic heterocycles. The monoisotopic (exact) mass is 210 g/mol. The van der Waals surface area contributed by atoms with Crippen LogP contribution in [0, 0.1) is 0 Å². The molecule has 1 rings (SSSR count). The predicted octanol–water partition coefficient (Wildman–Crippen LogP) is 1.37. The van der Waals surface area contributed by atoms with E-state index in [2.05, 4.69) is 0 Å². The molecular weight excluding hydrogens is 192 g/mol. The summed E-state index contributed by atoms with van der Waals surface area (Å²) in [4.78, 5) is 13.3. The smallest absolute Gasteiger partial charge is 0.222 e. The topological polar surface area (TPSA) is 59.5 Å². The third kappa shape index (κ3) is 4.16. The van der Waals surface area contributed by atoms with E-state index in [9.17, 15) is 4.79 Å². The molecule has 15 heavy (non-hydrogen) atoms. The average molecular weight is 210 g/mol. The van der Waals surface area contributed by atoms with Crippen molar-refractivity contribution in [2.24, 2.45) is 5.73 Å². The van der Waals surface area contributed by atoms with E-state index in [1.807, 2.05) is 13.0 Å². The number of furan rings is 1. The van der Waals surface area contributed by atoms with Gasteiger partial charge in [-0.1, -0.05) is 0 Å². The maximum Gasteiger partial charge on any atom is 0.222 e. The van der Waals surface area contributed by atoms with E-state index in [1.54, 1.807) is 24.5 Å².